The number of rotatable bonds is 5. The van der Waals surface area contributed by atoms with E-state index in [0.717, 1.165) is 13.2 Å². The summed E-state index contributed by atoms with van der Waals surface area (Å²) in [4.78, 5) is 34.7. The van der Waals surface area contributed by atoms with Gasteiger partial charge in [-0.15, -0.1) is 0 Å². The van der Waals surface area contributed by atoms with Crippen molar-refractivity contribution in [2.45, 2.75) is 11.8 Å². The number of methoxy groups -OCH3 is 2. The van der Waals surface area contributed by atoms with Crippen LogP contribution >= 0.6 is 0 Å². The third kappa shape index (κ3) is 5.65. The molecule has 0 saturated carbocycles. The Hall–Kier alpha value is -2.68. The van der Waals surface area contributed by atoms with Crippen LogP contribution in [-0.4, -0.2) is 68.5 Å². The van der Waals surface area contributed by atoms with Crippen LogP contribution in [0.4, 0.5) is 10.7 Å². The van der Waals surface area contributed by atoms with Gasteiger partial charge in [-0.25, -0.2) is 22.7 Å². The zero-order valence-electron chi connectivity index (χ0n) is 14.0. The number of carbonyl (C=O) groups is 2. The predicted molar refractivity (Wildman–Crippen MR) is 95.4 cm³/mol. The van der Waals surface area contributed by atoms with E-state index in [9.17, 15) is 18.0 Å². The molecule has 2 rings (SSSR count). The number of esters is 1. The monoisotopic (exact) mass is 389 g/mol. The standard InChI is InChI=1S/C14H15N5O6S.Li.H/c1-8-15-12(18-14(16-8)25-3)17-13(21)19-26(22,23)10-7-5-4-6-9(10)11(20)24-2;;/h4-7H,1-3H3,(H2,15,16,17,18,19,21);;. The molecule has 0 fully saturated rings. The summed E-state index contributed by atoms with van der Waals surface area (Å²) in [7, 11) is -1.92. The van der Waals surface area contributed by atoms with E-state index in [1.54, 1.807) is 4.72 Å². The molecule has 0 spiro atoms. The molecular weight excluding hydrogens is 373 g/mol. The molecule has 0 radical (unpaired) electrons. The summed E-state index contributed by atoms with van der Waals surface area (Å²) in [5.74, 6) is -0.807. The number of hydrogen-bond donors (Lipinski definition) is 2. The Morgan fingerprint density at radius 1 is 1.07 bits per heavy atom. The van der Waals surface area contributed by atoms with E-state index in [0.29, 0.717) is 0 Å². The number of nitrogens with zero attached hydrogens (tertiary/aromatic N) is 3. The number of carbonyl (C=O) groups excluding carboxylic acids is 2. The number of anilines is 1. The van der Waals surface area contributed by atoms with Gasteiger partial charge in [0.15, 0.2) is 0 Å². The molecule has 140 valence electrons. The Kier molecular flexibility index (Phi) is 7.71. The number of ether oxygens (including phenoxy) is 2. The molecule has 1 heterocycles. The number of nitrogens with one attached hydrogen (secondary N) is 2. The summed E-state index contributed by atoms with van der Waals surface area (Å²) in [5.41, 5.74) is -0.215. The number of aromatic nitrogens is 3. The SMILES string of the molecule is COC(=O)c1ccccc1S(=O)(=O)NC(=O)Nc1nc(C)nc(OC)n1.[LiH]. The summed E-state index contributed by atoms with van der Waals surface area (Å²) in [5, 5.41) is 2.16. The average Bonchev–Trinajstić information content (AvgIpc) is 2.59. The van der Waals surface area contributed by atoms with Gasteiger partial charge >= 0.3 is 36.9 Å². The van der Waals surface area contributed by atoms with Crippen LogP contribution in [0.2, 0.25) is 0 Å². The van der Waals surface area contributed by atoms with Gasteiger partial charge in [0.05, 0.1) is 19.8 Å². The van der Waals surface area contributed by atoms with Crippen LogP contribution in [0.1, 0.15) is 16.2 Å². The van der Waals surface area contributed by atoms with Gasteiger partial charge in [-0.1, -0.05) is 12.1 Å². The van der Waals surface area contributed by atoms with E-state index in [-0.39, 0.29) is 42.2 Å². The van der Waals surface area contributed by atoms with E-state index in [1.807, 2.05) is 0 Å². The molecule has 2 amide bonds. The fourth-order valence-corrected chi connectivity index (χ4v) is 2.99. The van der Waals surface area contributed by atoms with Crippen molar-refractivity contribution in [2.24, 2.45) is 0 Å². The van der Waals surface area contributed by atoms with Crippen molar-refractivity contribution in [3.63, 3.8) is 0 Å². The van der Waals surface area contributed by atoms with Crippen LogP contribution in [0.25, 0.3) is 0 Å². The van der Waals surface area contributed by atoms with Gasteiger partial charge < -0.3 is 9.47 Å². The van der Waals surface area contributed by atoms with Gasteiger partial charge in [-0.3, -0.25) is 5.32 Å². The van der Waals surface area contributed by atoms with Crippen LogP contribution in [0.5, 0.6) is 6.01 Å². The second-order valence-electron chi connectivity index (χ2n) is 4.74. The third-order valence-corrected chi connectivity index (χ3v) is 4.33. The molecule has 11 nitrogen and oxygen atoms in total. The van der Waals surface area contributed by atoms with Crippen molar-refractivity contribution < 1.29 is 27.5 Å². The van der Waals surface area contributed by atoms with Gasteiger partial charge in [0.2, 0.25) is 5.95 Å². The van der Waals surface area contributed by atoms with E-state index >= 15 is 0 Å². The number of hydrogen-bond acceptors (Lipinski definition) is 9. The van der Waals surface area contributed by atoms with Crippen LogP contribution < -0.4 is 14.8 Å². The van der Waals surface area contributed by atoms with Gasteiger partial charge in [0.25, 0.3) is 10.0 Å². The van der Waals surface area contributed by atoms with E-state index < -0.39 is 26.9 Å². The number of urea groups is 1. The number of amides is 2. The van der Waals surface area contributed by atoms with Gasteiger partial charge in [0.1, 0.15) is 10.7 Å². The second kappa shape index (κ2) is 9.31. The van der Waals surface area contributed by atoms with Crippen molar-refractivity contribution in [1.29, 1.82) is 0 Å². The Bertz CT molecular complexity index is 953. The Morgan fingerprint density at radius 2 is 1.74 bits per heavy atom. The fourth-order valence-electron chi connectivity index (χ4n) is 1.89. The molecule has 0 atom stereocenters. The van der Waals surface area contributed by atoms with Crippen molar-refractivity contribution in [3.05, 3.63) is 35.7 Å². The van der Waals surface area contributed by atoms with Crippen LogP contribution in [-0.2, 0) is 14.8 Å². The van der Waals surface area contributed by atoms with Crippen LogP contribution in [0.15, 0.2) is 29.2 Å². The Morgan fingerprint density at radius 3 is 2.37 bits per heavy atom. The first-order valence-electron chi connectivity index (χ1n) is 7.04. The first-order chi connectivity index (χ1) is 12.3. The molecule has 27 heavy (non-hydrogen) atoms. The minimum atomic E-state index is -4.36. The summed E-state index contributed by atoms with van der Waals surface area (Å²) < 4.78 is 36.0. The molecule has 0 aliphatic rings. The topological polar surface area (TPSA) is 149 Å². The number of benzene rings is 1. The molecule has 0 aliphatic heterocycles. The van der Waals surface area contributed by atoms with E-state index in [2.05, 4.69) is 25.0 Å². The molecule has 13 heteroatoms. The van der Waals surface area contributed by atoms with Crippen molar-refractivity contribution in [1.82, 2.24) is 19.7 Å². The average molecular weight is 389 g/mol. The van der Waals surface area contributed by atoms with Gasteiger partial charge in [-0.2, -0.15) is 15.0 Å². The molecule has 0 unspecified atom stereocenters. The zero-order valence-corrected chi connectivity index (χ0v) is 14.8. The molecule has 0 aliphatic carbocycles. The molecule has 0 bridgehead atoms. The molecular formula is C14H16LiN5O6S. The van der Waals surface area contributed by atoms with E-state index in [1.165, 1.54) is 32.2 Å². The maximum atomic E-state index is 12.4. The van der Waals surface area contributed by atoms with Gasteiger partial charge in [0, 0.05) is 0 Å². The second-order valence-corrected chi connectivity index (χ2v) is 6.39. The Balaban J connectivity index is 0.00000364. The number of sulfonamides is 1. The fraction of sp³-hybridized carbons (Fsp3) is 0.214. The molecule has 2 N–H and O–H groups in total. The van der Waals surface area contributed by atoms with Crippen molar-refractivity contribution in [2.75, 3.05) is 19.5 Å². The zero-order chi connectivity index (χ0) is 19.3. The van der Waals surface area contributed by atoms with E-state index in [4.69, 9.17) is 4.74 Å². The summed E-state index contributed by atoms with van der Waals surface area (Å²) >= 11 is 0. The summed E-state index contributed by atoms with van der Waals surface area (Å²) in [6.45, 7) is 1.54. The van der Waals surface area contributed by atoms with Crippen LogP contribution in [0.3, 0.4) is 0 Å². The molecule has 1 aromatic heterocycles. The first kappa shape index (κ1) is 22.4. The van der Waals surface area contributed by atoms with Gasteiger partial charge in [-0.05, 0) is 19.1 Å². The van der Waals surface area contributed by atoms with Crippen molar-refractivity contribution >= 4 is 46.8 Å². The predicted octanol–water partition coefficient (Wildman–Crippen LogP) is -0.163. The normalized spacial score (nSPS) is 10.3. The molecule has 2 aromatic rings. The molecule has 1 aromatic carbocycles. The molecule has 0 saturated heterocycles. The van der Waals surface area contributed by atoms with Crippen molar-refractivity contribution in [3.8, 4) is 6.01 Å². The minimum absolute atomic E-state index is 0. The summed E-state index contributed by atoms with van der Waals surface area (Å²) in [6.07, 6.45) is 0. The van der Waals surface area contributed by atoms with Crippen LogP contribution in [0, 0.1) is 6.92 Å². The first-order valence-corrected chi connectivity index (χ1v) is 8.53. The third-order valence-electron chi connectivity index (χ3n) is 2.94. The maximum absolute atomic E-state index is 12.4. The quantitative estimate of drug-likeness (QED) is 0.525. The summed E-state index contributed by atoms with van der Waals surface area (Å²) in [6, 6.07) is 4.12. The number of aryl methyl sites for hydroxylation is 1. The Labute approximate surface area is 167 Å².